The normalized spacial score (nSPS) is 17.2. The fraction of sp³-hybridized carbons (Fsp3) is 0.500. The number of hydrogen-bond donors (Lipinski definition) is 1. The molecule has 0 atom stereocenters. The average Bonchev–Trinajstić information content (AvgIpc) is 2.88. The van der Waals surface area contributed by atoms with E-state index in [1.807, 2.05) is 38.1 Å². The van der Waals surface area contributed by atoms with Crippen LogP contribution < -0.4 is 5.32 Å². The number of ketones is 1. The van der Waals surface area contributed by atoms with Crippen molar-refractivity contribution < 1.29 is 9.59 Å². The number of carbonyl (C=O) groups is 2. The van der Waals surface area contributed by atoms with Gasteiger partial charge in [0.1, 0.15) is 0 Å². The van der Waals surface area contributed by atoms with E-state index in [4.69, 9.17) is 0 Å². The molecule has 2 rings (SSSR count). The molecule has 102 valence electrons. The van der Waals surface area contributed by atoms with E-state index in [0.29, 0.717) is 12.0 Å². The Bertz CT molecular complexity index is 487. The second-order valence-electron chi connectivity index (χ2n) is 5.33. The summed E-state index contributed by atoms with van der Waals surface area (Å²) in [5.41, 5.74) is 0.989. The fourth-order valence-corrected chi connectivity index (χ4v) is 2.90. The van der Waals surface area contributed by atoms with Crippen molar-refractivity contribution in [1.82, 2.24) is 5.32 Å². The first-order valence-electron chi connectivity index (χ1n) is 7.00. The number of hydrogen-bond acceptors (Lipinski definition) is 2. The van der Waals surface area contributed by atoms with Gasteiger partial charge < -0.3 is 5.32 Å². The predicted octanol–water partition coefficient (Wildman–Crippen LogP) is 3.02. The lowest BCUT2D eigenvalue weighted by molar-refractivity contribution is -0.124. The molecule has 19 heavy (non-hydrogen) atoms. The van der Waals surface area contributed by atoms with Crippen molar-refractivity contribution in [2.45, 2.75) is 51.5 Å². The third-order valence-corrected chi connectivity index (χ3v) is 4.05. The molecule has 1 saturated carbocycles. The molecule has 3 nitrogen and oxygen atoms in total. The Morgan fingerprint density at radius 2 is 1.84 bits per heavy atom. The van der Waals surface area contributed by atoms with Crippen molar-refractivity contribution in [2.24, 2.45) is 0 Å². The summed E-state index contributed by atoms with van der Waals surface area (Å²) >= 11 is 0. The molecule has 1 aliphatic rings. The van der Waals surface area contributed by atoms with Gasteiger partial charge in [-0.05, 0) is 31.4 Å². The van der Waals surface area contributed by atoms with Gasteiger partial charge in [0.25, 0.3) is 5.91 Å². The van der Waals surface area contributed by atoms with Crippen LogP contribution in [0.3, 0.4) is 0 Å². The number of rotatable bonds is 4. The summed E-state index contributed by atoms with van der Waals surface area (Å²) < 4.78 is 0. The van der Waals surface area contributed by atoms with E-state index in [1.165, 1.54) is 0 Å². The van der Waals surface area contributed by atoms with E-state index in [1.54, 1.807) is 0 Å². The van der Waals surface area contributed by atoms with Crippen LogP contribution in [0, 0.1) is 6.92 Å². The lowest BCUT2D eigenvalue weighted by Crippen LogP contribution is -2.52. The molecule has 0 spiro atoms. The van der Waals surface area contributed by atoms with E-state index < -0.39 is 5.54 Å². The number of nitrogens with one attached hydrogen (secondary N) is 1. The average molecular weight is 259 g/mol. The standard InChI is InChI=1S/C16H21NO2/c1-3-14(18)16(10-6-7-11-16)17-15(19)13-9-5-4-8-12(13)2/h4-5,8-9H,3,6-7,10-11H2,1-2H3,(H,17,19). The molecular formula is C16H21NO2. The molecule has 1 aromatic carbocycles. The molecule has 1 fully saturated rings. The molecule has 1 N–H and O–H groups in total. The van der Waals surface area contributed by atoms with Crippen LogP contribution in [0.4, 0.5) is 0 Å². The van der Waals surface area contributed by atoms with Crippen LogP contribution in [0.1, 0.15) is 54.9 Å². The number of carbonyl (C=O) groups excluding carboxylic acids is 2. The zero-order valence-corrected chi connectivity index (χ0v) is 11.7. The highest BCUT2D eigenvalue weighted by Crippen LogP contribution is 2.32. The second kappa shape index (κ2) is 5.55. The Hall–Kier alpha value is -1.64. The third kappa shape index (κ3) is 2.70. The van der Waals surface area contributed by atoms with E-state index in [0.717, 1.165) is 31.2 Å². The molecule has 3 heteroatoms. The molecular weight excluding hydrogens is 238 g/mol. The van der Waals surface area contributed by atoms with Gasteiger partial charge in [0.05, 0.1) is 5.54 Å². The van der Waals surface area contributed by atoms with Gasteiger partial charge in [-0.15, -0.1) is 0 Å². The summed E-state index contributed by atoms with van der Waals surface area (Å²) in [7, 11) is 0. The lowest BCUT2D eigenvalue weighted by atomic mass is 9.89. The van der Waals surface area contributed by atoms with Crippen molar-refractivity contribution in [3.63, 3.8) is 0 Å². The van der Waals surface area contributed by atoms with Crippen LogP contribution in [0.2, 0.25) is 0 Å². The van der Waals surface area contributed by atoms with Gasteiger partial charge in [0.2, 0.25) is 0 Å². The second-order valence-corrected chi connectivity index (χ2v) is 5.33. The van der Waals surface area contributed by atoms with Crippen LogP contribution in [0.5, 0.6) is 0 Å². The Morgan fingerprint density at radius 3 is 2.42 bits per heavy atom. The van der Waals surface area contributed by atoms with Crippen molar-refractivity contribution in [3.8, 4) is 0 Å². The van der Waals surface area contributed by atoms with E-state index in [9.17, 15) is 9.59 Å². The van der Waals surface area contributed by atoms with Gasteiger partial charge in [0.15, 0.2) is 5.78 Å². The monoisotopic (exact) mass is 259 g/mol. The van der Waals surface area contributed by atoms with Gasteiger partial charge in [-0.25, -0.2) is 0 Å². The number of aryl methyl sites for hydroxylation is 1. The topological polar surface area (TPSA) is 46.2 Å². The maximum Gasteiger partial charge on any atom is 0.252 e. The summed E-state index contributed by atoms with van der Waals surface area (Å²) in [5, 5.41) is 3.01. The van der Waals surface area contributed by atoms with E-state index in [2.05, 4.69) is 5.32 Å². The van der Waals surface area contributed by atoms with Gasteiger partial charge in [-0.3, -0.25) is 9.59 Å². The van der Waals surface area contributed by atoms with Gasteiger partial charge in [-0.2, -0.15) is 0 Å². The van der Waals surface area contributed by atoms with Crippen LogP contribution in [-0.2, 0) is 4.79 Å². The summed E-state index contributed by atoms with van der Waals surface area (Å²) in [5.74, 6) is 0.0359. The van der Waals surface area contributed by atoms with Crippen LogP contribution in [0.15, 0.2) is 24.3 Å². The molecule has 1 amide bonds. The van der Waals surface area contributed by atoms with Crippen LogP contribution in [-0.4, -0.2) is 17.2 Å². The summed E-state index contributed by atoms with van der Waals surface area (Å²) in [4.78, 5) is 24.6. The lowest BCUT2D eigenvalue weighted by Gasteiger charge is -2.28. The maximum absolute atomic E-state index is 12.4. The van der Waals surface area contributed by atoms with Crippen molar-refractivity contribution in [3.05, 3.63) is 35.4 Å². The first-order valence-corrected chi connectivity index (χ1v) is 7.00. The minimum absolute atomic E-state index is 0.123. The zero-order valence-electron chi connectivity index (χ0n) is 11.7. The van der Waals surface area contributed by atoms with Crippen molar-refractivity contribution in [2.75, 3.05) is 0 Å². The maximum atomic E-state index is 12.4. The quantitative estimate of drug-likeness (QED) is 0.903. The largest absolute Gasteiger partial charge is 0.340 e. The number of benzene rings is 1. The Kier molecular flexibility index (Phi) is 4.03. The van der Waals surface area contributed by atoms with Crippen molar-refractivity contribution in [1.29, 1.82) is 0 Å². The van der Waals surface area contributed by atoms with Gasteiger partial charge in [0, 0.05) is 12.0 Å². The first kappa shape index (κ1) is 13.8. The highest BCUT2D eigenvalue weighted by Gasteiger charge is 2.41. The molecule has 0 aliphatic heterocycles. The molecule has 0 heterocycles. The highest BCUT2D eigenvalue weighted by molar-refractivity contribution is 6.00. The first-order chi connectivity index (χ1) is 9.09. The molecule has 1 aromatic rings. The molecule has 0 saturated heterocycles. The fourth-order valence-electron chi connectivity index (χ4n) is 2.90. The highest BCUT2D eigenvalue weighted by atomic mass is 16.2. The molecule has 0 unspecified atom stereocenters. The summed E-state index contributed by atoms with van der Waals surface area (Å²) in [6, 6.07) is 7.49. The van der Waals surface area contributed by atoms with E-state index in [-0.39, 0.29) is 11.7 Å². The minimum atomic E-state index is -0.617. The molecule has 0 bridgehead atoms. The summed E-state index contributed by atoms with van der Waals surface area (Å²) in [6.07, 6.45) is 4.06. The molecule has 0 radical (unpaired) electrons. The SMILES string of the molecule is CCC(=O)C1(NC(=O)c2ccccc2C)CCCC1. The van der Waals surface area contributed by atoms with E-state index >= 15 is 0 Å². The Morgan fingerprint density at radius 1 is 1.21 bits per heavy atom. The smallest absolute Gasteiger partial charge is 0.252 e. The predicted molar refractivity (Wildman–Crippen MR) is 75.1 cm³/mol. The zero-order chi connectivity index (χ0) is 13.9. The summed E-state index contributed by atoms with van der Waals surface area (Å²) in [6.45, 7) is 3.78. The van der Waals surface area contributed by atoms with Crippen LogP contribution >= 0.6 is 0 Å². The molecule has 1 aliphatic carbocycles. The van der Waals surface area contributed by atoms with Crippen molar-refractivity contribution >= 4 is 11.7 Å². The number of amides is 1. The molecule has 0 aromatic heterocycles. The van der Waals surface area contributed by atoms with Gasteiger partial charge >= 0.3 is 0 Å². The Labute approximate surface area is 114 Å². The van der Waals surface area contributed by atoms with Crippen LogP contribution in [0.25, 0.3) is 0 Å². The van der Waals surface area contributed by atoms with Gasteiger partial charge in [-0.1, -0.05) is 38.0 Å². The minimum Gasteiger partial charge on any atom is -0.340 e. The third-order valence-electron chi connectivity index (χ3n) is 4.05. The Balaban J connectivity index is 2.21. The number of Topliss-reactive ketones (excluding diaryl/α,β-unsaturated/α-hetero) is 1.